The molecule has 0 aliphatic carbocycles. The maximum atomic E-state index is 12.6. The molecule has 2 aromatic rings. The highest BCUT2D eigenvalue weighted by atomic mass is 35.5. The topological polar surface area (TPSA) is 66.6 Å². The van der Waals surface area contributed by atoms with Gasteiger partial charge in [-0.2, -0.15) is 0 Å². The summed E-state index contributed by atoms with van der Waals surface area (Å²) in [6.45, 7) is 1.27. The monoisotopic (exact) mass is 372 g/mol. The SMILES string of the molecule is N[C@@H](Cc1ccccc1)C(=O)N1CCC(C(O)c2ccc(Cl)cc2)CC1. The molecule has 0 saturated carbocycles. The minimum absolute atomic E-state index is 0.00622. The molecule has 4 nitrogen and oxygen atoms in total. The Bertz CT molecular complexity index is 713. The molecule has 0 bridgehead atoms. The van der Waals surface area contributed by atoms with Gasteiger partial charge in [-0.05, 0) is 48.4 Å². The fourth-order valence-corrected chi connectivity index (χ4v) is 3.68. The Labute approximate surface area is 159 Å². The molecule has 1 amide bonds. The molecule has 2 atom stereocenters. The van der Waals surface area contributed by atoms with Crippen LogP contribution in [0.2, 0.25) is 5.02 Å². The van der Waals surface area contributed by atoms with Crippen molar-refractivity contribution < 1.29 is 9.90 Å². The second kappa shape index (κ2) is 8.67. The maximum Gasteiger partial charge on any atom is 0.239 e. The zero-order chi connectivity index (χ0) is 18.5. The summed E-state index contributed by atoms with van der Waals surface area (Å²) in [5.74, 6) is 0.138. The van der Waals surface area contributed by atoms with E-state index in [4.69, 9.17) is 17.3 Å². The van der Waals surface area contributed by atoms with Crippen LogP contribution in [0, 0.1) is 5.92 Å². The van der Waals surface area contributed by atoms with Crippen molar-refractivity contribution in [3.05, 3.63) is 70.7 Å². The lowest BCUT2D eigenvalue weighted by Gasteiger charge is -2.35. The van der Waals surface area contributed by atoms with E-state index in [1.54, 1.807) is 12.1 Å². The third-order valence-corrected chi connectivity index (χ3v) is 5.38. The first-order valence-corrected chi connectivity index (χ1v) is 9.44. The van der Waals surface area contributed by atoms with E-state index >= 15 is 0 Å². The zero-order valence-electron chi connectivity index (χ0n) is 14.7. The molecule has 3 rings (SSSR count). The molecule has 0 aromatic heterocycles. The molecule has 5 heteroatoms. The van der Waals surface area contributed by atoms with E-state index in [0.29, 0.717) is 24.5 Å². The summed E-state index contributed by atoms with van der Waals surface area (Å²) in [7, 11) is 0. The molecule has 1 heterocycles. The molecular weight excluding hydrogens is 348 g/mol. The second-order valence-corrected chi connectivity index (χ2v) is 7.39. The fraction of sp³-hybridized carbons (Fsp3) is 0.381. The van der Waals surface area contributed by atoms with Crippen LogP contribution in [0.5, 0.6) is 0 Å². The molecule has 1 unspecified atom stereocenters. The Balaban J connectivity index is 1.52. The van der Waals surface area contributed by atoms with Crippen LogP contribution in [0.25, 0.3) is 0 Å². The predicted molar refractivity (Wildman–Crippen MR) is 104 cm³/mol. The average molecular weight is 373 g/mol. The molecule has 1 saturated heterocycles. The van der Waals surface area contributed by atoms with Crippen molar-refractivity contribution >= 4 is 17.5 Å². The highest BCUT2D eigenvalue weighted by Gasteiger charge is 2.30. The van der Waals surface area contributed by atoms with E-state index in [-0.39, 0.29) is 11.8 Å². The molecular formula is C21H25ClN2O2. The van der Waals surface area contributed by atoms with E-state index in [9.17, 15) is 9.90 Å². The first-order valence-electron chi connectivity index (χ1n) is 9.06. The Kier molecular flexibility index (Phi) is 6.30. The van der Waals surface area contributed by atoms with E-state index in [1.807, 2.05) is 47.4 Å². The van der Waals surface area contributed by atoms with Crippen LogP contribution in [0.15, 0.2) is 54.6 Å². The zero-order valence-corrected chi connectivity index (χ0v) is 15.5. The van der Waals surface area contributed by atoms with Crippen LogP contribution >= 0.6 is 11.6 Å². The van der Waals surface area contributed by atoms with Gasteiger partial charge in [-0.1, -0.05) is 54.1 Å². The molecule has 1 aliphatic rings. The van der Waals surface area contributed by atoms with Crippen LogP contribution in [0.1, 0.15) is 30.1 Å². The smallest absolute Gasteiger partial charge is 0.239 e. The number of nitrogens with two attached hydrogens (primary N) is 1. The number of halogens is 1. The van der Waals surface area contributed by atoms with Gasteiger partial charge in [-0.25, -0.2) is 0 Å². The molecule has 1 aliphatic heterocycles. The van der Waals surface area contributed by atoms with Crippen molar-refractivity contribution in [2.75, 3.05) is 13.1 Å². The highest BCUT2D eigenvalue weighted by molar-refractivity contribution is 6.30. The van der Waals surface area contributed by atoms with Crippen LogP contribution in [-0.4, -0.2) is 35.0 Å². The minimum Gasteiger partial charge on any atom is -0.388 e. The molecule has 0 radical (unpaired) electrons. The number of hydrogen-bond acceptors (Lipinski definition) is 3. The summed E-state index contributed by atoms with van der Waals surface area (Å²) >= 11 is 5.91. The van der Waals surface area contributed by atoms with Gasteiger partial charge in [0.1, 0.15) is 0 Å². The van der Waals surface area contributed by atoms with Gasteiger partial charge in [-0.3, -0.25) is 4.79 Å². The number of aliphatic hydroxyl groups is 1. The third-order valence-electron chi connectivity index (χ3n) is 5.12. The molecule has 1 fully saturated rings. The molecule has 26 heavy (non-hydrogen) atoms. The van der Waals surface area contributed by atoms with Crippen LogP contribution in [0.3, 0.4) is 0 Å². The van der Waals surface area contributed by atoms with Crippen LogP contribution in [-0.2, 0) is 11.2 Å². The molecule has 138 valence electrons. The minimum atomic E-state index is -0.525. The fourth-order valence-electron chi connectivity index (χ4n) is 3.56. The lowest BCUT2D eigenvalue weighted by molar-refractivity contribution is -0.134. The molecule has 2 aromatic carbocycles. The summed E-state index contributed by atoms with van der Waals surface area (Å²) in [5, 5.41) is 11.3. The normalized spacial score (nSPS) is 17.7. The summed E-state index contributed by atoms with van der Waals surface area (Å²) in [6.07, 6.45) is 1.57. The average Bonchev–Trinajstić information content (AvgIpc) is 2.68. The number of likely N-dealkylation sites (tertiary alicyclic amines) is 1. The van der Waals surface area contributed by atoms with E-state index < -0.39 is 12.1 Å². The van der Waals surface area contributed by atoms with Gasteiger partial charge >= 0.3 is 0 Å². The van der Waals surface area contributed by atoms with E-state index in [2.05, 4.69) is 0 Å². The standard InChI is InChI=1S/C21H25ClN2O2/c22-18-8-6-16(7-9-18)20(25)17-10-12-24(13-11-17)21(26)19(23)14-15-4-2-1-3-5-15/h1-9,17,19-20,25H,10-14,23H2/t19-,20?/m0/s1. The van der Waals surface area contributed by atoms with Crippen molar-refractivity contribution in [3.63, 3.8) is 0 Å². The largest absolute Gasteiger partial charge is 0.388 e. The van der Waals surface area contributed by atoms with Gasteiger partial charge < -0.3 is 15.7 Å². The van der Waals surface area contributed by atoms with Crippen LogP contribution < -0.4 is 5.73 Å². The Morgan fingerprint density at radius 3 is 2.35 bits per heavy atom. The number of aliphatic hydroxyl groups excluding tert-OH is 1. The quantitative estimate of drug-likeness (QED) is 0.847. The van der Waals surface area contributed by atoms with Crippen molar-refractivity contribution in [1.82, 2.24) is 4.90 Å². The number of amides is 1. The lowest BCUT2D eigenvalue weighted by Crippen LogP contribution is -2.48. The Morgan fingerprint density at radius 1 is 1.12 bits per heavy atom. The Morgan fingerprint density at radius 2 is 1.73 bits per heavy atom. The second-order valence-electron chi connectivity index (χ2n) is 6.96. The number of benzene rings is 2. The van der Waals surface area contributed by atoms with Crippen molar-refractivity contribution in [1.29, 1.82) is 0 Å². The van der Waals surface area contributed by atoms with E-state index in [0.717, 1.165) is 24.0 Å². The van der Waals surface area contributed by atoms with Crippen molar-refractivity contribution in [2.45, 2.75) is 31.4 Å². The van der Waals surface area contributed by atoms with Gasteiger partial charge in [0.15, 0.2) is 0 Å². The molecule has 0 spiro atoms. The number of carbonyl (C=O) groups excluding carboxylic acids is 1. The Hall–Kier alpha value is -1.88. The first kappa shape index (κ1) is 18.9. The van der Waals surface area contributed by atoms with Crippen molar-refractivity contribution in [3.8, 4) is 0 Å². The number of hydrogen-bond donors (Lipinski definition) is 2. The maximum absolute atomic E-state index is 12.6. The van der Waals surface area contributed by atoms with Gasteiger partial charge in [0.25, 0.3) is 0 Å². The third kappa shape index (κ3) is 4.64. The van der Waals surface area contributed by atoms with Gasteiger partial charge in [-0.15, -0.1) is 0 Å². The van der Waals surface area contributed by atoms with Crippen LogP contribution in [0.4, 0.5) is 0 Å². The summed E-state index contributed by atoms with van der Waals surface area (Å²) in [5.41, 5.74) is 8.07. The number of rotatable bonds is 5. The van der Waals surface area contributed by atoms with Gasteiger partial charge in [0.05, 0.1) is 12.1 Å². The summed E-state index contributed by atoms with van der Waals surface area (Å²) < 4.78 is 0. The summed E-state index contributed by atoms with van der Waals surface area (Å²) in [6, 6.07) is 16.6. The van der Waals surface area contributed by atoms with Crippen molar-refractivity contribution in [2.24, 2.45) is 11.7 Å². The van der Waals surface area contributed by atoms with E-state index in [1.165, 1.54) is 0 Å². The summed E-state index contributed by atoms with van der Waals surface area (Å²) in [4.78, 5) is 14.4. The highest BCUT2D eigenvalue weighted by Crippen LogP contribution is 2.31. The van der Waals surface area contributed by atoms with Gasteiger partial charge in [0, 0.05) is 18.1 Å². The van der Waals surface area contributed by atoms with Gasteiger partial charge in [0.2, 0.25) is 5.91 Å². The number of carbonyl (C=O) groups is 1. The predicted octanol–water partition coefficient (Wildman–Crippen LogP) is 3.18. The molecule has 3 N–H and O–H groups in total. The number of piperidine rings is 1. The first-order chi connectivity index (χ1) is 12.5. The lowest BCUT2D eigenvalue weighted by atomic mass is 9.87. The number of nitrogens with zero attached hydrogens (tertiary/aromatic N) is 1.